The van der Waals surface area contributed by atoms with Gasteiger partial charge in [-0.3, -0.25) is 0 Å². The second-order valence-electron chi connectivity index (χ2n) is 5.71. The first-order valence-corrected chi connectivity index (χ1v) is 9.18. The first kappa shape index (κ1) is 20.8. The van der Waals surface area contributed by atoms with Crippen molar-refractivity contribution in [1.82, 2.24) is 4.72 Å². The lowest BCUT2D eigenvalue weighted by Crippen LogP contribution is -2.32. The van der Waals surface area contributed by atoms with Gasteiger partial charge < -0.3 is 5.73 Å². The Morgan fingerprint density at radius 2 is 1.95 bits per heavy atom. The normalized spacial score (nSPS) is 16.0. The zero-order valence-corrected chi connectivity index (χ0v) is 14.8. The Labute approximate surface area is 135 Å². The fourth-order valence-corrected chi connectivity index (χ4v) is 3.21. The monoisotopic (exact) mass is 326 g/mol. The molecule has 0 aliphatic rings. The Balaban J connectivity index is 5.29. The summed E-state index contributed by atoms with van der Waals surface area (Å²) in [5.41, 5.74) is 6.12. The molecule has 0 aliphatic heterocycles. The number of nitrogens with two attached hydrogens (primary N) is 1. The third-order valence-corrected chi connectivity index (χ3v) is 5.28. The third-order valence-electron chi connectivity index (χ3n) is 3.90. The zero-order chi connectivity index (χ0) is 17.2. The highest BCUT2D eigenvalue weighted by Gasteiger charge is 2.30. The number of hydrogen-bond donors (Lipinski definition) is 2. The molecule has 0 aromatic heterocycles. The summed E-state index contributed by atoms with van der Waals surface area (Å²) in [5, 5.41) is 0. The van der Waals surface area contributed by atoms with Crippen LogP contribution in [0.3, 0.4) is 0 Å². The van der Waals surface area contributed by atoms with Gasteiger partial charge in [-0.15, -0.1) is 0 Å². The minimum absolute atomic E-state index is 0.0386. The molecule has 0 aliphatic carbocycles. The van der Waals surface area contributed by atoms with Crippen LogP contribution >= 0.6 is 0 Å². The molecule has 0 radical (unpaired) electrons. The number of allylic oxidation sites excluding steroid dienone is 6. The molecule has 4 nitrogen and oxygen atoms in total. The van der Waals surface area contributed by atoms with Gasteiger partial charge in [-0.2, -0.15) is 0 Å². The van der Waals surface area contributed by atoms with Crippen molar-refractivity contribution in [2.75, 3.05) is 18.8 Å². The largest absolute Gasteiger partial charge is 0.329 e. The molecule has 0 amide bonds. The van der Waals surface area contributed by atoms with E-state index in [-0.39, 0.29) is 17.7 Å². The van der Waals surface area contributed by atoms with Crippen LogP contribution in [0.1, 0.15) is 27.2 Å². The predicted molar refractivity (Wildman–Crippen MR) is 96.0 cm³/mol. The predicted octanol–water partition coefficient (Wildman–Crippen LogP) is 2.77. The van der Waals surface area contributed by atoms with Gasteiger partial charge in [-0.1, -0.05) is 69.9 Å². The van der Waals surface area contributed by atoms with Crippen LogP contribution in [0.5, 0.6) is 0 Å². The standard InChI is InChI=1S/C17H30N2O2S/c1-6-8-11-17(5,15(3)4)16(9-7-2)10-14-22(20,21)19-13-12-18/h6-9,11,15,19H,1-2,10,12-14,18H2,3-5H3/b11-8-,16-9-. The van der Waals surface area contributed by atoms with Gasteiger partial charge in [0, 0.05) is 18.5 Å². The molecule has 0 saturated heterocycles. The lowest BCUT2D eigenvalue weighted by Gasteiger charge is -2.34. The van der Waals surface area contributed by atoms with Crippen molar-refractivity contribution >= 4 is 10.0 Å². The third kappa shape index (κ3) is 6.73. The van der Waals surface area contributed by atoms with Crippen LogP contribution < -0.4 is 10.5 Å². The molecule has 0 heterocycles. The van der Waals surface area contributed by atoms with Crippen molar-refractivity contribution in [3.8, 4) is 0 Å². The smallest absolute Gasteiger partial charge is 0.211 e. The van der Waals surface area contributed by atoms with Crippen molar-refractivity contribution in [2.45, 2.75) is 27.2 Å². The highest BCUT2D eigenvalue weighted by atomic mass is 32.2. The molecule has 0 saturated carbocycles. The molecule has 0 rings (SSSR count). The molecule has 5 heteroatoms. The van der Waals surface area contributed by atoms with E-state index in [0.29, 0.717) is 18.9 Å². The maximum Gasteiger partial charge on any atom is 0.211 e. The van der Waals surface area contributed by atoms with Gasteiger partial charge >= 0.3 is 0 Å². The van der Waals surface area contributed by atoms with Crippen molar-refractivity contribution in [1.29, 1.82) is 0 Å². The van der Waals surface area contributed by atoms with Gasteiger partial charge in [0.15, 0.2) is 0 Å². The van der Waals surface area contributed by atoms with Crippen molar-refractivity contribution in [3.05, 3.63) is 49.1 Å². The Morgan fingerprint density at radius 1 is 1.32 bits per heavy atom. The van der Waals surface area contributed by atoms with E-state index in [1.54, 1.807) is 12.2 Å². The maximum atomic E-state index is 12.0. The van der Waals surface area contributed by atoms with Crippen molar-refractivity contribution in [3.63, 3.8) is 0 Å². The first-order valence-electron chi connectivity index (χ1n) is 7.53. The number of hydrogen-bond acceptors (Lipinski definition) is 3. The van der Waals surface area contributed by atoms with E-state index in [9.17, 15) is 8.42 Å². The summed E-state index contributed by atoms with van der Waals surface area (Å²) in [6, 6.07) is 0. The molecule has 1 atom stereocenters. The lowest BCUT2D eigenvalue weighted by atomic mass is 9.71. The minimum Gasteiger partial charge on any atom is -0.329 e. The van der Waals surface area contributed by atoms with Crippen LogP contribution in [-0.2, 0) is 10.0 Å². The van der Waals surface area contributed by atoms with Crippen molar-refractivity contribution in [2.24, 2.45) is 17.1 Å². The molecule has 0 aromatic rings. The quantitative estimate of drug-likeness (QED) is 0.573. The maximum absolute atomic E-state index is 12.0. The fraction of sp³-hybridized carbons (Fsp3) is 0.529. The van der Waals surface area contributed by atoms with Gasteiger partial charge in [0.1, 0.15) is 0 Å². The average molecular weight is 327 g/mol. The summed E-state index contributed by atoms with van der Waals surface area (Å²) in [7, 11) is -3.31. The molecule has 3 N–H and O–H groups in total. The number of nitrogens with one attached hydrogen (secondary N) is 1. The molecule has 0 bridgehead atoms. The van der Waals surface area contributed by atoms with Crippen LogP contribution in [0.25, 0.3) is 0 Å². The Kier molecular flexibility index (Phi) is 9.25. The number of rotatable bonds is 11. The van der Waals surface area contributed by atoms with E-state index in [2.05, 4.69) is 44.7 Å². The van der Waals surface area contributed by atoms with Crippen LogP contribution in [0, 0.1) is 11.3 Å². The highest BCUT2D eigenvalue weighted by Crippen LogP contribution is 2.39. The fourth-order valence-electron chi connectivity index (χ4n) is 2.14. The molecule has 0 aromatic carbocycles. The Hall–Kier alpha value is -1.17. The van der Waals surface area contributed by atoms with Gasteiger partial charge in [0.05, 0.1) is 5.75 Å². The van der Waals surface area contributed by atoms with E-state index in [1.165, 1.54) is 0 Å². The van der Waals surface area contributed by atoms with E-state index in [4.69, 9.17) is 5.73 Å². The van der Waals surface area contributed by atoms with Crippen LogP contribution in [-0.4, -0.2) is 27.3 Å². The summed E-state index contributed by atoms with van der Waals surface area (Å²) < 4.78 is 26.4. The molecular formula is C17H30N2O2S. The minimum atomic E-state index is -3.31. The second-order valence-corrected chi connectivity index (χ2v) is 7.64. The molecule has 126 valence electrons. The topological polar surface area (TPSA) is 72.2 Å². The van der Waals surface area contributed by atoms with Crippen LogP contribution in [0.2, 0.25) is 0 Å². The Morgan fingerprint density at radius 3 is 2.41 bits per heavy atom. The lowest BCUT2D eigenvalue weighted by molar-refractivity contribution is 0.351. The van der Waals surface area contributed by atoms with Gasteiger partial charge in [0.25, 0.3) is 0 Å². The summed E-state index contributed by atoms with van der Waals surface area (Å²) in [6.45, 7) is 14.3. The van der Waals surface area contributed by atoms with Crippen LogP contribution in [0.15, 0.2) is 49.1 Å². The summed E-state index contributed by atoms with van der Waals surface area (Å²) in [5.74, 6) is 0.353. The summed E-state index contributed by atoms with van der Waals surface area (Å²) in [4.78, 5) is 0. The number of sulfonamides is 1. The molecular weight excluding hydrogens is 296 g/mol. The van der Waals surface area contributed by atoms with Gasteiger partial charge in [0.2, 0.25) is 10.0 Å². The first-order chi connectivity index (χ1) is 10.2. The SMILES string of the molecule is C=C/C=C\C(C)(/C(=C\C=C)CCS(=O)(=O)NCCN)C(C)C. The van der Waals surface area contributed by atoms with E-state index >= 15 is 0 Å². The van der Waals surface area contributed by atoms with E-state index in [1.807, 2.05) is 12.2 Å². The summed E-state index contributed by atoms with van der Waals surface area (Å²) in [6.07, 6.45) is 9.76. The molecule has 0 spiro atoms. The Bertz CT molecular complexity index is 519. The van der Waals surface area contributed by atoms with Gasteiger partial charge in [-0.25, -0.2) is 13.1 Å². The van der Waals surface area contributed by atoms with E-state index < -0.39 is 10.0 Å². The molecule has 22 heavy (non-hydrogen) atoms. The second kappa shape index (κ2) is 9.77. The van der Waals surface area contributed by atoms with Crippen molar-refractivity contribution < 1.29 is 8.42 Å². The van der Waals surface area contributed by atoms with E-state index in [0.717, 1.165) is 5.57 Å². The highest BCUT2D eigenvalue weighted by molar-refractivity contribution is 7.89. The summed E-state index contributed by atoms with van der Waals surface area (Å²) >= 11 is 0. The molecule has 1 unspecified atom stereocenters. The average Bonchev–Trinajstić information content (AvgIpc) is 2.46. The molecule has 0 fully saturated rings. The van der Waals surface area contributed by atoms with Gasteiger partial charge in [-0.05, 0) is 12.3 Å². The van der Waals surface area contributed by atoms with Crippen LogP contribution in [0.4, 0.5) is 0 Å². The zero-order valence-electron chi connectivity index (χ0n) is 14.0.